The molecule has 1 aliphatic rings. The molecule has 0 aromatic rings. The number of aliphatic hydroxyl groups is 1. The third-order valence-electron chi connectivity index (χ3n) is 3.77. The van der Waals surface area contributed by atoms with Gasteiger partial charge in [-0.15, -0.1) is 0 Å². The lowest BCUT2D eigenvalue weighted by Crippen LogP contribution is -2.50. The summed E-state index contributed by atoms with van der Waals surface area (Å²) < 4.78 is 30.1. The molecule has 0 amide bonds. The van der Waals surface area contributed by atoms with Gasteiger partial charge in [0.1, 0.15) is 4.75 Å². The van der Waals surface area contributed by atoms with E-state index in [-0.39, 0.29) is 0 Å². The van der Waals surface area contributed by atoms with Crippen LogP contribution in [0.25, 0.3) is 0 Å². The van der Waals surface area contributed by atoms with Crippen molar-refractivity contribution < 1.29 is 18.1 Å². The first-order chi connectivity index (χ1) is 6.68. The molecule has 4 nitrogen and oxygen atoms in total. The van der Waals surface area contributed by atoms with Gasteiger partial charge in [-0.05, 0) is 38.0 Å². The maximum atomic E-state index is 11.2. The molecule has 0 aromatic heterocycles. The van der Waals surface area contributed by atoms with E-state index in [4.69, 9.17) is 4.55 Å². The van der Waals surface area contributed by atoms with Gasteiger partial charge in [0, 0.05) is 0 Å². The number of aliphatic hydroxyl groups excluding tert-OH is 1. The monoisotopic (exact) mass is 236 g/mol. The average Bonchev–Trinajstić information content (AvgIpc) is 2.07. The van der Waals surface area contributed by atoms with Crippen LogP contribution in [0.4, 0.5) is 0 Å². The minimum Gasteiger partial charge on any atom is -0.391 e. The van der Waals surface area contributed by atoms with Crippen LogP contribution in [0.1, 0.15) is 40.0 Å². The van der Waals surface area contributed by atoms with Crippen LogP contribution in [0.3, 0.4) is 0 Å². The van der Waals surface area contributed by atoms with Gasteiger partial charge in [-0.2, -0.15) is 8.42 Å². The summed E-state index contributed by atoms with van der Waals surface area (Å²) in [6.07, 6.45) is 0.558. The van der Waals surface area contributed by atoms with Crippen molar-refractivity contribution in [3.8, 4) is 0 Å². The smallest absolute Gasteiger partial charge is 0.272 e. The second-order valence-electron chi connectivity index (χ2n) is 5.08. The van der Waals surface area contributed by atoms with Crippen LogP contribution >= 0.6 is 0 Å². The van der Waals surface area contributed by atoms with Gasteiger partial charge in [-0.3, -0.25) is 4.55 Å². The predicted molar refractivity (Wildman–Crippen MR) is 58.1 cm³/mol. The second kappa shape index (κ2) is 4.03. The Balaban J connectivity index is 2.85. The van der Waals surface area contributed by atoms with E-state index < -0.39 is 21.0 Å². The summed E-state index contributed by atoms with van der Waals surface area (Å²) >= 11 is 0. The third-order valence-corrected chi connectivity index (χ3v) is 5.43. The standard InChI is InChI=1S/C10H20O4S/c1-7(2)8-4-5-10(3,9(11)6-8)15(12,13)14/h7-9,11H,4-6H2,1-3H3,(H,12,13,14)/t8-,9?,10-/m1/s1. The molecule has 1 unspecified atom stereocenters. The minimum absolute atomic E-state index is 0.329. The second-order valence-corrected chi connectivity index (χ2v) is 6.96. The lowest BCUT2D eigenvalue weighted by molar-refractivity contribution is 0.0505. The van der Waals surface area contributed by atoms with Crippen LogP contribution in [0.5, 0.6) is 0 Å². The topological polar surface area (TPSA) is 74.6 Å². The fourth-order valence-electron chi connectivity index (χ4n) is 2.20. The van der Waals surface area contributed by atoms with Gasteiger partial charge in [0.2, 0.25) is 0 Å². The van der Waals surface area contributed by atoms with Gasteiger partial charge in [0.15, 0.2) is 0 Å². The molecule has 3 atom stereocenters. The van der Waals surface area contributed by atoms with Crippen LogP contribution in [-0.2, 0) is 10.1 Å². The normalized spacial score (nSPS) is 38.3. The van der Waals surface area contributed by atoms with Gasteiger partial charge in [-0.25, -0.2) is 0 Å². The molecule has 1 rings (SSSR count). The molecule has 0 aromatic carbocycles. The maximum absolute atomic E-state index is 11.2. The molecule has 0 aliphatic heterocycles. The molecular weight excluding hydrogens is 216 g/mol. The Labute approximate surface area is 91.4 Å². The van der Waals surface area contributed by atoms with Crippen molar-refractivity contribution in [3.63, 3.8) is 0 Å². The van der Waals surface area contributed by atoms with Crippen molar-refractivity contribution in [2.45, 2.75) is 50.9 Å². The third kappa shape index (κ3) is 2.34. The summed E-state index contributed by atoms with van der Waals surface area (Å²) in [5.41, 5.74) is 0. The highest BCUT2D eigenvalue weighted by atomic mass is 32.2. The average molecular weight is 236 g/mol. The van der Waals surface area contributed by atoms with Crippen LogP contribution in [0.2, 0.25) is 0 Å². The highest BCUT2D eigenvalue weighted by Gasteiger charge is 2.48. The zero-order chi connectivity index (χ0) is 11.9. The molecule has 0 saturated heterocycles. The number of hydrogen-bond donors (Lipinski definition) is 2. The number of rotatable bonds is 2. The lowest BCUT2D eigenvalue weighted by atomic mass is 9.75. The zero-order valence-electron chi connectivity index (χ0n) is 9.47. The Kier molecular flexibility index (Phi) is 3.48. The fourth-order valence-corrected chi connectivity index (χ4v) is 3.01. The summed E-state index contributed by atoms with van der Waals surface area (Å²) in [7, 11) is -4.17. The van der Waals surface area contributed by atoms with E-state index in [2.05, 4.69) is 13.8 Å². The number of hydrogen-bond acceptors (Lipinski definition) is 3. The first-order valence-corrected chi connectivity index (χ1v) is 6.77. The van der Waals surface area contributed by atoms with Crippen LogP contribution in [-0.4, -0.2) is 28.9 Å². The molecule has 1 aliphatic carbocycles. The van der Waals surface area contributed by atoms with Gasteiger partial charge in [0.25, 0.3) is 10.1 Å². The van der Waals surface area contributed by atoms with Crippen LogP contribution in [0.15, 0.2) is 0 Å². The predicted octanol–water partition coefficient (Wildman–Crippen LogP) is 1.45. The Hall–Kier alpha value is -0.130. The molecule has 1 saturated carbocycles. The van der Waals surface area contributed by atoms with E-state index >= 15 is 0 Å². The molecule has 1 fully saturated rings. The molecule has 0 heterocycles. The highest BCUT2D eigenvalue weighted by molar-refractivity contribution is 7.87. The van der Waals surface area contributed by atoms with E-state index in [1.165, 1.54) is 6.92 Å². The van der Waals surface area contributed by atoms with Gasteiger partial charge >= 0.3 is 0 Å². The first kappa shape index (κ1) is 12.9. The molecule has 0 spiro atoms. The van der Waals surface area contributed by atoms with Crippen molar-refractivity contribution in [2.75, 3.05) is 0 Å². The summed E-state index contributed by atoms with van der Waals surface area (Å²) in [6, 6.07) is 0. The fraction of sp³-hybridized carbons (Fsp3) is 1.00. The minimum atomic E-state index is -4.17. The van der Waals surface area contributed by atoms with E-state index in [9.17, 15) is 13.5 Å². The quantitative estimate of drug-likeness (QED) is 0.712. The van der Waals surface area contributed by atoms with Gasteiger partial charge in [0.05, 0.1) is 6.10 Å². The largest absolute Gasteiger partial charge is 0.391 e. The summed E-state index contributed by atoms with van der Waals surface area (Å²) in [5, 5.41) is 9.84. The van der Waals surface area contributed by atoms with Crippen LogP contribution < -0.4 is 0 Å². The SMILES string of the molecule is CC(C)[C@@H]1CC[C@@](C)(S(=O)(=O)O)C(O)C1. The van der Waals surface area contributed by atoms with Gasteiger partial charge in [-0.1, -0.05) is 13.8 Å². The van der Waals surface area contributed by atoms with Crippen LogP contribution in [0, 0.1) is 11.8 Å². The summed E-state index contributed by atoms with van der Waals surface area (Å²) in [4.78, 5) is 0. The lowest BCUT2D eigenvalue weighted by Gasteiger charge is -2.40. The van der Waals surface area contributed by atoms with E-state index in [0.717, 1.165) is 6.42 Å². The maximum Gasteiger partial charge on any atom is 0.272 e. The van der Waals surface area contributed by atoms with Crippen molar-refractivity contribution in [3.05, 3.63) is 0 Å². The molecular formula is C10H20O4S. The Morgan fingerprint density at radius 2 is 1.93 bits per heavy atom. The Morgan fingerprint density at radius 3 is 2.27 bits per heavy atom. The summed E-state index contributed by atoms with van der Waals surface area (Å²) in [5.74, 6) is 0.778. The Bertz CT molecular complexity index is 322. The first-order valence-electron chi connectivity index (χ1n) is 5.33. The van der Waals surface area contributed by atoms with Crippen molar-refractivity contribution in [1.29, 1.82) is 0 Å². The van der Waals surface area contributed by atoms with E-state index in [0.29, 0.717) is 24.7 Å². The molecule has 90 valence electrons. The molecule has 0 radical (unpaired) electrons. The Morgan fingerprint density at radius 1 is 1.40 bits per heavy atom. The highest BCUT2D eigenvalue weighted by Crippen LogP contribution is 2.39. The molecule has 5 heteroatoms. The van der Waals surface area contributed by atoms with Gasteiger partial charge < -0.3 is 5.11 Å². The molecule has 0 bridgehead atoms. The van der Waals surface area contributed by atoms with Crippen molar-refractivity contribution in [1.82, 2.24) is 0 Å². The van der Waals surface area contributed by atoms with Crippen molar-refractivity contribution in [2.24, 2.45) is 11.8 Å². The van der Waals surface area contributed by atoms with E-state index in [1.807, 2.05) is 0 Å². The van der Waals surface area contributed by atoms with Crippen molar-refractivity contribution >= 4 is 10.1 Å². The summed E-state index contributed by atoms with van der Waals surface area (Å²) in [6.45, 7) is 5.55. The molecule has 2 N–H and O–H groups in total. The van der Waals surface area contributed by atoms with E-state index in [1.54, 1.807) is 0 Å². The molecule has 15 heavy (non-hydrogen) atoms. The zero-order valence-corrected chi connectivity index (χ0v) is 10.3.